The number of aromatic nitrogens is 5. The summed E-state index contributed by atoms with van der Waals surface area (Å²) in [6.07, 6.45) is 7.86. The highest BCUT2D eigenvalue weighted by molar-refractivity contribution is 7.92. The molecule has 2 atom stereocenters. The van der Waals surface area contributed by atoms with E-state index in [0.717, 1.165) is 28.6 Å². The van der Waals surface area contributed by atoms with Crippen LogP contribution in [0.1, 0.15) is 37.9 Å². The number of benzene rings is 2. The Morgan fingerprint density at radius 3 is 2.48 bits per heavy atom. The predicted octanol–water partition coefficient (Wildman–Crippen LogP) is 5.75. The van der Waals surface area contributed by atoms with Crippen LogP contribution in [-0.4, -0.2) is 44.9 Å². The van der Waals surface area contributed by atoms with Gasteiger partial charge in [-0.05, 0) is 60.4 Å². The predicted molar refractivity (Wildman–Crippen MR) is 179 cm³/mol. The van der Waals surface area contributed by atoms with Gasteiger partial charge in [0.05, 0.1) is 47.6 Å². The number of nitrogens with zero attached hydrogens (tertiary/aromatic N) is 5. The summed E-state index contributed by atoms with van der Waals surface area (Å²) < 4.78 is 29.0. The number of halogens is 1. The number of carbonyl (C=O) groups excluding carboxylic acids is 1. The van der Waals surface area contributed by atoms with Gasteiger partial charge >= 0.3 is 0 Å². The van der Waals surface area contributed by atoms with Crippen LogP contribution in [0.4, 0.5) is 11.4 Å². The second kappa shape index (κ2) is 12.5. The molecule has 11 nitrogen and oxygen atoms in total. The van der Waals surface area contributed by atoms with Crippen molar-refractivity contribution in [2.45, 2.75) is 32.2 Å². The Balaban J connectivity index is 1.39. The molecule has 46 heavy (non-hydrogen) atoms. The first-order valence-corrected chi connectivity index (χ1v) is 17.0. The molecule has 2 aromatic carbocycles. The number of carbonyl (C=O) groups is 1. The van der Waals surface area contributed by atoms with Crippen LogP contribution in [0.25, 0.3) is 33.6 Å². The van der Waals surface area contributed by atoms with Gasteiger partial charge in [-0.15, -0.1) is 0 Å². The van der Waals surface area contributed by atoms with Crippen molar-refractivity contribution < 1.29 is 13.2 Å². The summed E-state index contributed by atoms with van der Waals surface area (Å²) in [6.45, 7) is 1.89. The second-order valence-corrected chi connectivity index (χ2v) is 13.7. The fraction of sp³-hybridized carbons (Fsp3) is 0.242. The van der Waals surface area contributed by atoms with Gasteiger partial charge in [0.15, 0.2) is 0 Å². The van der Waals surface area contributed by atoms with Crippen molar-refractivity contribution in [2.24, 2.45) is 13.0 Å². The Morgan fingerprint density at radius 1 is 0.957 bits per heavy atom. The molecule has 5 aromatic rings. The van der Waals surface area contributed by atoms with Crippen LogP contribution in [0.5, 0.6) is 0 Å². The third kappa shape index (κ3) is 6.58. The molecule has 1 amide bonds. The summed E-state index contributed by atoms with van der Waals surface area (Å²) in [7, 11) is -1.60. The quantitative estimate of drug-likeness (QED) is 0.245. The highest BCUT2D eigenvalue weighted by atomic mass is 35.5. The van der Waals surface area contributed by atoms with Crippen LogP contribution in [0, 0.1) is 5.92 Å². The molecule has 0 saturated carbocycles. The summed E-state index contributed by atoms with van der Waals surface area (Å²) >= 11 is 6.40. The van der Waals surface area contributed by atoms with E-state index in [1.165, 1.54) is 12.4 Å². The zero-order chi connectivity index (χ0) is 32.6. The van der Waals surface area contributed by atoms with Gasteiger partial charge in [-0.3, -0.25) is 28.5 Å². The minimum Gasteiger partial charge on any atom is -0.323 e. The van der Waals surface area contributed by atoms with Gasteiger partial charge in [0.1, 0.15) is 0 Å². The number of pyridine rings is 1. The van der Waals surface area contributed by atoms with E-state index < -0.39 is 16.1 Å². The normalized spacial score (nSPS) is 16.9. The maximum absolute atomic E-state index is 13.8. The molecule has 0 unspecified atom stereocenters. The number of nitrogens with one attached hydrogen (secondary N) is 2. The van der Waals surface area contributed by atoms with E-state index >= 15 is 0 Å². The highest BCUT2D eigenvalue weighted by Gasteiger charge is 2.24. The molecule has 0 aliphatic carbocycles. The molecule has 236 valence electrons. The van der Waals surface area contributed by atoms with E-state index in [1.54, 1.807) is 58.0 Å². The van der Waals surface area contributed by atoms with Gasteiger partial charge in [0.25, 0.3) is 5.56 Å². The van der Waals surface area contributed by atoms with E-state index in [-0.39, 0.29) is 17.4 Å². The Bertz CT molecular complexity index is 2110. The second-order valence-electron chi connectivity index (χ2n) is 11.5. The van der Waals surface area contributed by atoms with Gasteiger partial charge in [-0.1, -0.05) is 43.1 Å². The van der Waals surface area contributed by atoms with Crippen molar-refractivity contribution in [3.05, 3.63) is 100 Å². The Hall–Kier alpha value is -4.81. The minimum atomic E-state index is -3.42. The highest BCUT2D eigenvalue weighted by Crippen LogP contribution is 2.35. The van der Waals surface area contributed by atoms with Gasteiger partial charge in [-0.25, -0.2) is 13.4 Å². The molecule has 13 heteroatoms. The molecular weight excluding hydrogens is 626 g/mol. The van der Waals surface area contributed by atoms with E-state index in [0.29, 0.717) is 52.6 Å². The van der Waals surface area contributed by atoms with E-state index in [4.69, 9.17) is 16.6 Å². The molecular formula is C33H32ClN7O4S. The Kier molecular flexibility index (Phi) is 8.49. The van der Waals surface area contributed by atoms with Gasteiger partial charge in [0, 0.05) is 47.1 Å². The molecule has 1 aliphatic rings. The van der Waals surface area contributed by atoms with Gasteiger partial charge < -0.3 is 5.32 Å². The number of anilines is 2. The van der Waals surface area contributed by atoms with E-state index in [9.17, 15) is 18.0 Å². The monoisotopic (exact) mass is 657 g/mol. The van der Waals surface area contributed by atoms with Crippen molar-refractivity contribution >= 4 is 38.9 Å². The summed E-state index contributed by atoms with van der Waals surface area (Å²) in [5.74, 6) is -0.323. The first-order chi connectivity index (χ1) is 22.0. The largest absolute Gasteiger partial charge is 0.323 e. The van der Waals surface area contributed by atoms with Crippen molar-refractivity contribution in [1.82, 2.24) is 24.3 Å². The van der Waals surface area contributed by atoms with Gasteiger partial charge in [-0.2, -0.15) is 5.10 Å². The topological polar surface area (TPSA) is 141 Å². The number of rotatable bonds is 5. The SMILES string of the molecule is C[C@@H]1CCC[C@H](n2cnc(-c3cc(Cl)ccc3-c3ccc(NS(C)(=O)=O)cc3)cc2=O)c2cc(ccn2)-c2c(cnn2C)NC1=O. The average Bonchev–Trinajstić information content (AvgIpc) is 3.38. The zero-order valence-corrected chi connectivity index (χ0v) is 27.0. The zero-order valence-electron chi connectivity index (χ0n) is 25.4. The first-order valence-electron chi connectivity index (χ1n) is 14.7. The van der Waals surface area contributed by atoms with Crippen molar-refractivity contribution in [2.75, 3.05) is 16.3 Å². The molecule has 6 rings (SSSR count). The Morgan fingerprint density at radius 2 is 1.74 bits per heavy atom. The van der Waals surface area contributed by atoms with Crippen molar-refractivity contribution in [1.29, 1.82) is 0 Å². The standard InChI is InChI=1S/C33H32ClN7O4S/c1-20-5-4-6-30(28-15-22(13-14-35-28)32-29(38-33(20)43)18-37-40(32)2)41-19-36-27(17-31(41)42)26-16-23(34)9-12-25(26)21-7-10-24(11-8-21)39-46(3,44)45/h7-20,30,39H,4-6H2,1-3H3,(H,38,43)/t20-,30+/m1/s1. The molecule has 0 saturated heterocycles. The van der Waals surface area contributed by atoms with E-state index in [1.807, 2.05) is 32.2 Å². The maximum Gasteiger partial charge on any atom is 0.254 e. The van der Waals surface area contributed by atoms with Crippen LogP contribution in [-0.2, 0) is 21.9 Å². The summed E-state index contributed by atoms with van der Waals surface area (Å²) in [4.78, 5) is 36.2. The van der Waals surface area contributed by atoms with Crippen LogP contribution in [0.15, 0.2) is 84.2 Å². The number of sulfonamides is 1. The van der Waals surface area contributed by atoms with E-state index in [2.05, 4.69) is 20.1 Å². The molecule has 0 spiro atoms. The number of aryl methyl sites for hydroxylation is 1. The van der Waals surface area contributed by atoms with Crippen LogP contribution < -0.4 is 15.6 Å². The number of amides is 1. The number of hydrogen-bond donors (Lipinski definition) is 2. The van der Waals surface area contributed by atoms with Crippen LogP contribution in [0.2, 0.25) is 5.02 Å². The molecule has 3 aromatic heterocycles. The fourth-order valence-electron chi connectivity index (χ4n) is 5.79. The third-order valence-corrected chi connectivity index (χ3v) is 8.92. The summed E-state index contributed by atoms with van der Waals surface area (Å²) in [5, 5.41) is 7.86. The smallest absolute Gasteiger partial charge is 0.254 e. The van der Waals surface area contributed by atoms with Crippen molar-refractivity contribution in [3.63, 3.8) is 0 Å². The maximum atomic E-state index is 13.8. The molecule has 2 N–H and O–H groups in total. The molecule has 1 aliphatic heterocycles. The third-order valence-electron chi connectivity index (χ3n) is 8.08. The molecule has 4 heterocycles. The minimum absolute atomic E-state index is 0.0811. The lowest BCUT2D eigenvalue weighted by atomic mass is 9.96. The van der Waals surface area contributed by atoms with Crippen LogP contribution >= 0.6 is 11.6 Å². The summed E-state index contributed by atoms with van der Waals surface area (Å²) in [5.41, 5.74) is 5.73. The number of hydrogen-bond acceptors (Lipinski definition) is 7. The Labute approximate surface area is 271 Å². The van der Waals surface area contributed by atoms with Gasteiger partial charge in [0.2, 0.25) is 15.9 Å². The molecule has 0 radical (unpaired) electrons. The summed E-state index contributed by atoms with van der Waals surface area (Å²) in [6, 6.07) is 17.1. The number of fused-ring (bicyclic) bond motifs is 4. The van der Waals surface area contributed by atoms with Crippen molar-refractivity contribution in [3.8, 4) is 33.6 Å². The lowest BCUT2D eigenvalue weighted by Crippen LogP contribution is -2.27. The average molecular weight is 658 g/mol. The molecule has 2 bridgehead atoms. The lowest BCUT2D eigenvalue weighted by molar-refractivity contribution is -0.119. The molecule has 0 fully saturated rings. The lowest BCUT2D eigenvalue weighted by Gasteiger charge is -2.22. The van der Waals surface area contributed by atoms with Crippen LogP contribution in [0.3, 0.4) is 0 Å². The fourth-order valence-corrected chi connectivity index (χ4v) is 6.52. The first kappa shape index (κ1) is 31.2.